The van der Waals surface area contributed by atoms with Gasteiger partial charge in [-0.1, -0.05) is 0 Å². The predicted octanol–water partition coefficient (Wildman–Crippen LogP) is -0.0417. The van der Waals surface area contributed by atoms with Gasteiger partial charge in [-0.15, -0.1) is 0 Å². The molecule has 6 nitrogen and oxygen atoms in total. The van der Waals surface area contributed by atoms with Crippen LogP contribution in [0.5, 0.6) is 0 Å². The molecule has 0 fully saturated rings. The average molecular weight is 292 g/mol. The van der Waals surface area contributed by atoms with Crippen molar-refractivity contribution in [3.8, 4) is 0 Å². The van der Waals surface area contributed by atoms with E-state index in [1.54, 1.807) is 7.11 Å². The molecule has 0 saturated carbocycles. The molecular formula is C14H32N2O4. The molecule has 0 rings (SSSR count). The molecule has 1 atom stereocenters. The molecule has 0 aliphatic heterocycles. The number of aliphatic hydroxyl groups is 1. The minimum atomic E-state index is -0.393. The first kappa shape index (κ1) is 19.8. The SMILES string of the molecule is CCOCCN(CCOCC)CC(O)CNCCOC. The van der Waals surface area contributed by atoms with Crippen LogP contribution < -0.4 is 5.32 Å². The van der Waals surface area contributed by atoms with Gasteiger partial charge in [-0.3, -0.25) is 4.90 Å². The molecule has 0 aromatic rings. The summed E-state index contributed by atoms with van der Waals surface area (Å²) in [7, 11) is 1.67. The first-order valence-electron chi connectivity index (χ1n) is 7.50. The van der Waals surface area contributed by atoms with Gasteiger partial charge in [0, 0.05) is 53.0 Å². The van der Waals surface area contributed by atoms with E-state index in [4.69, 9.17) is 14.2 Å². The molecule has 1 unspecified atom stereocenters. The lowest BCUT2D eigenvalue weighted by molar-refractivity contribution is 0.0531. The average Bonchev–Trinajstić information content (AvgIpc) is 2.44. The predicted molar refractivity (Wildman–Crippen MR) is 80.2 cm³/mol. The maximum Gasteiger partial charge on any atom is 0.0791 e. The van der Waals surface area contributed by atoms with Crippen LogP contribution in [0, 0.1) is 0 Å². The Hall–Kier alpha value is -0.240. The number of aliphatic hydroxyl groups excluding tert-OH is 1. The molecule has 2 N–H and O–H groups in total. The van der Waals surface area contributed by atoms with E-state index in [1.165, 1.54) is 0 Å². The highest BCUT2D eigenvalue weighted by Gasteiger charge is 2.11. The van der Waals surface area contributed by atoms with E-state index in [2.05, 4.69) is 10.2 Å². The van der Waals surface area contributed by atoms with Crippen molar-refractivity contribution in [3.05, 3.63) is 0 Å². The molecule has 0 radical (unpaired) electrons. The molecular weight excluding hydrogens is 260 g/mol. The van der Waals surface area contributed by atoms with Crippen molar-refractivity contribution >= 4 is 0 Å². The lowest BCUT2D eigenvalue weighted by atomic mass is 10.3. The summed E-state index contributed by atoms with van der Waals surface area (Å²) in [5, 5.41) is 13.2. The Morgan fingerprint density at radius 2 is 1.65 bits per heavy atom. The van der Waals surface area contributed by atoms with Crippen molar-refractivity contribution in [1.29, 1.82) is 0 Å². The number of nitrogens with zero attached hydrogens (tertiary/aromatic N) is 1. The Labute approximate surface area is 123 Å². The third-order valence-electron chi connectivity index (χ3n) is 2.84. The van der Waals surface area contributed by atoms with Crippen molar-refractivity contribution in [1.82, 2.24) is 10.2 Å². The van der Waals surface area contributed by atoms with Crippen molar-refractivity contribution < 1.29 is 19.3 Å². The number of ether oxygens (including phenoxy) is 3. The minimum Gasteiger partial charge on any atom is -0.390 e. The molecule has 20 heavy (non-hydrogen) atoms. The van der Waals surface area contributed by atoms with E-state index in [0.29, 0.717) is 32.9 Å². The molecule has 0 heterocycles. The van der Waals surface area contributed by atoms with E-state index >= 15 is 0 Å². The number of nitrogens with one attached hydrogen (secondary N) is 1. The number of rotatable bonds is 15. The van der Waals surface area contributed by atoms with Gasteiger partial charge in [-0.25, -0.2) is 0 Å². The van der Waals surface area contributed by atoms with Gasteiger partial charge in [0.05, 0.1) is 25.9 Å². The minimum absolute atomic E-state index is 0.393. The molecule has 122 valence electrons. The Balaban J connectivity index is 3.84. The summed E-state index contributed by atoms with van der Waals surface area (Å²) in [5.41, 5.74) is 0. The van der Waals surface area contributed by atoms with E-state index in [-0.39, 0.29) is 0 Å². The van der Waals surface area contributed by atoms with Crippen molar-refractivity contribution in [2.75, 3.05) is 72.9 Å². The van der Waals surface area contributed by atoms with Crippen LogP contribution in [0.1, 0.15) is 13.8 Å². The van der Waals surface area contributed by atoms with Gasteiger partial charge in [0.1, 0.15) is 0 Å². The van der Waals surface area contributed by atoms with Crippen LogP contribution in [-0.4, -0.2) is 89.0 Å². The largest absolute Gasteiger partial charge is 0.390 e. The van der Waals surface area contributed by atoms with Crippen LogP contribution in [-0.2, 0) is 14.2 Å². The Morgan fingerprint density at radius 1 is 1.05 bits per heavy atom. The zero-order valence-corrected chi connectivity index (χ0v) is 13.3. The standard InChI is InChI=1S/C14H32N2O4/c1-4-19-10-7-16(8-11-20-5-2)13-14(17)12-15-6-9-18-3/h14-15,17H,4-13H2,1-3H3. The molecule has 0 aromatic heterocycles. The van der Waals surface area contributed by atoms with Crippen LogP contribution in [0.25, 0.3) is 0 Å². The second-order valence-corrected chi connectivity index (χ2v) is 4.55. The van der Waals surface area contributed by atoms with E-state index in [1.807, 2.05) is 13.8 Å². The van der Waals surface area contributed by atoms with Crippen LogP contribution in [0.2, 0.25) is 0 Å². The smallest absolute Gasteiger partial charge is 0.0791 e. The zero-order chi connectivity index (χ0) is 15.1. The summed E-state index contributed by atoms with van der Waals surface area (Å²) in [6.45, 7) is 11.0. The van der Waals surface area contributed by atoms with Gasteiger partial charge in [0.15, 0.2) is 0 Å². The van der Waals surface area contributed by atoms with Gasteiger partial charge >= 0.3 is 0 Å². The highest BCUT2D eigenvalue weighted by Crippen LogP contribution is 1.94. The Morgan fingerprint density at radius 3 is 2.15 bits per heavy atom. The maximum atomic E-state index is 10.0. The summed E-state index contributed by atoms with van der Waals surface area (Å²) >= 11 is 0. The summed E-state index contributed by atoms with van der Waals surface area (Å²) in [5.74, 6) is 0. The van der Waals surface area contributed by atoms with Crippen molar-refractivity contribution in [2.45, 2.75) is 20.0 Å². The third kappa shape index (κ3) is 12.8. The Bertz CT molecular complexity index is 186. The van der Waals surface area contributed by atoms with Crippen molar-refractivity contribution in [3.63, 3.8) is 0 Å². The number of methoxy groups -OCH3 is 1. The number of hydrogen-bond donors (Lipinski definition) is 2. The zero-order valence-electron chi connectivity index (χ0n) is 13.3. The van der Waals surface area contributed by atoms with Crippen LogP contribution in [0.3, 0.4) is 0 Å². The van der Waals surface area contributed by atoms with Crippen molar-refractivity contribution in [2.24, 2.45) is 0 Å². The van der Waals surface area contributed by atoms with E-state index < -0.39 is 6.10 Å². The summed E-state index contributed by atoms with van der Waals surface area (Å²) < 4.78 is 15.7. The van der Waals surface area contributed by atoms with Gasteiger partial charge < -0.3 is 24.6 Å². The second kappa shape index (κ2) is 15.2. The van der Waals surface area contributed by atoms with Crippen LogP contribution >= 0.6 is 0 Å². The summed E-state index contributed by atoms with van der Waals surface area (Å²) in [6.07, 6.45) is -0.393. The molecule has 0 aliphatic carbocycles. The third-order valence-corrected chi connectivity index (χ3v) is 2.84. The topological polar surface area (TPSA) is 63.2 Å². The molecule has 0 spiro atoms. The monoisotopic (exact) mass is 292 g/mol. The molecule has 6 heteroatoms. The van der Waals surface area contributed by atoms with Gasteiger partial charge in [0.2, 0.25) is 0 Å². The second-order valence-electron chi connectivity index (χ2n) is 4.55. The van der Waals surface area contributed by atoms with Crippen LogP contribution in [0.15, 0.2) is 0 Å². The lowest BCUT2D eigenvalue weighted by Crippen LogP contribution is -2.41. The first-order chi connectivity index (χ1) is 9.74. The first-order valence-corrected chi connectivity index (χ1v) is 7.50. The fourth-order valence-electron chi connectivity index (χ4n) is 1.78. The van der Waals surface area contributed by atoms with Crippen LogP contribution in [0.4, 0.5) is 0 Å². The number of hydrogen-bond acceptors (Lipinski definition) is 6. The molecule has 0 aliphatic rings. The Kier molecular flexibility index (Phi) is 15.0. The van der Waals surface area contributed by atoms with Gasteiger partial charge in [0.25, 0.3) is 0 Å². The maximum absolute atomic E-state index is 10.0. The lowest BCUT2D eigenvalue weighted by Gasteiger charge is -2.25. The highest BCUT2D eigenvalue weighted by molar-refractivity contribution is 4.67. The highest BCUT2D eigenvalue weighted by atomic mass is 16.5. The molecule has 0 amide bonds. The summed E-state index contributed by atoms with van der Waals surface area (Å²) in [6, 6.07) is 0. The van der Waals surface area contributed by atoms with E-state index in [0.717, 1.165) is 32.8 Å². The van der Waals surface area contributed by atoms with E-state index in [9.17, 15) is 5.11 Å². The van der Waals surface area contributed by atoms with Gasteiger partial charge in [-0.2, -0.15) is 0 Å². The molecule has 0 bridgehead atoms. The fourth-order valence-corrected chi connectivity index (χ4v) is 1.78. The molecule has 0 saturated heterocycles. The fraction of sp³-hybridized carbons (Fsp3) is 1.00. The normalized spacial score (nSPS) is 13.1. The van der Waals surface area contributed by atoms with Gasteiger partial charge in [-0.05, 0) is 13.8 Å². The molecule has 0 aromatic carbocycles. The quantitative estimate of drug-likeness (QED) is 0.413. The summed E-state index contributed by atoms with van der Waals surface area (Å²) in [4.78, 5) is 2.17.